The Morgan fingerprint density at radius 1 is 1.20 bits per heavy atom. The Hall–Kier alpha value is -2.33. The molecule has 0 radical (unpaired) electrons. The van der Waals surface area contributed by atoms with E-state index in [1.54, 1.807) is 10.9 Å². The summed E-state index contributed by atoms with van der Waals surface area (Å²) >= 11 is 0. The molecule has 1 atom stereocenters. The van der Waals surface area contributed by atoms with E-state index in [0.717, 1.165) is 28.3 Å². The van der Waals surface area contributed by atoms with Gasteiger partial charge in [-0.25, -0.2) is 4.68 Å². The number of furan rings is 1. The van der Waals surface area contributed by atoms with E-state index < -0.39 is 6.10 Å². The van der Waals surface area contributed by atoms with Gasteiger partial charge in [-0.2, -0.15) is 5.10 Å². The van der Waals surface area contributed by atoms with Gasteiger partial charge in [0.05, 0.1) is 11.9 Å². The topological polar surface area (TPSA) is 51.2 Å². The second-order valence-electron chi connectivity index (χ2n) is 4.82. The van der Waals surface area contributed by atoms with Crippen LogP contribution in [0.4, 0.5) is 0 Å². The number of nitrogens with zero attached hydrogens (tertiary/aromatic N) is 2. The Balaban J connectivity index is 1.92. The van der Waals surface area contributed by atoms with Crippen LogP contribution in [0.1, 0.15) is 28.8 Å². The molecule has 1 N–H and O–H groups in total. The lowest BCUT2D eigenvalue weighted by Crippen LogP contribution is -1.98. The fraction of sp³-hybridized carbons (Fsp3) is 0.188. The van der Waals surface area contributed by atoms with Gasteiger partial charge in [-0.1, -0.05) is 18.2 Å². The van der Waals surface area contributed by atoms with E-state index in [1.165, 1.54) is 0 Å². The molecule has 0 fully saturated rings. The minimum absolute atomic E-state index is 0.718. The van der Waals surface area contributed by atoms with Crippen molar-refractivity contribution in [2.24, 2.45) is 0 Å². The maximum absolute atomic E-state index is 10.4. The third kappa shape index (κ3) is 2.26. The predicted molar refractivity (Wildman–Crippen MR) is 75.8 cm³/mol. The first-order valence-corrected chi connectivity index (χ1v) is 6.50. The molecule has 1 unspecified atom stereocenters. The molecule has 0 bridgehead atoms. The SMILES string of the molecule is Cc1cc(C(O)c2cnn(-c3ccccc3)c2)c(C)o1. The minimum Gasteiger partial charge on any atom is -0.466 e. The Bertz CT molecular complexity index is 713. The first-order chi connectivity index (χ1) is 9.65. The molecule has 3 rings (SSSR count). The van der Waals surface area contributed by atoms with Gasteiger partial charge in [0, 0.05) is 17.3 Å². The molecule has 0 aliphatic heterocycles. The quantitative estimate of drug-likeness (QED) is 0.793. The van der Waals surface area contributed by atoms with Crippen molar-refractivity contribution in [1.29, 1.82) is 0 Å². The first kappa shape index (κ1) is 12.7. The zero-order valence-electron chi connectivity index (χ0n) is 11.4. The molecular formula is C16H16N2O2. The van der Waals surface area contributed by atoms with Crippen LogP contribution in [0.2, 0.25) is 0 Å². The zero-order chi connectivity index (χ0) is 14.1. The second-order valence-corrected chi connectivity index (χ2v) is 4.82. The molecule has 4 heteroatoms. The lowest BCUT2D eigenvalue weighted by molar-refractivity contribution is 0.218. The Morgan fingerprint density at radius 3 is 2.60 bits per heavy atom. The molecule has 0 saturated carbocycles. The summed E-state index contributed by atoms with van der Waals surface area (Å²) in [6, 6.07) is 11.7. The highest BCUT2D eigenvalue weighted by atomic mass is 16.3. The summed E-state index contributed by atoms with van der Waals surface area (Å²) in [5, 5.41) is 14.7. The second kappa shape index (κ2) is 4.98. The first-order valence-electron chi connectivity index (χ1n) is 6.50. The van der Waals surface area contributed by atoms with Crippen molar-refractivity contribution in [2.75, 3.05) is 0 Å². The summed E-state index contributed by atoms with van der Waals surface area (Å²) in [5.41, 5.74) is 2.50. The van der Waals surface area contributed by atoms with Crippen LogP contribution in [0.15, 0.2) is 53.2 Å². The summed E-state index contributed by atoms with van der Waals surface area (Å²) in [6.45, 7) is 3.73. The summed E-state index contributed by atoms with van der Waals surface area (Å²) in [5.74, 6) is 1.54. The molecule has 0 aliphatic carbocycles. The molecule has 1 aromatic carbocycles. The summed E-state index contributed by atoms with van der Waals surface area (Å²) in [6.07, 6.45) is 2.80. The standard InChI is InChI=1S/C16H16N2O2/c1-11-8-15(12(2)20-11)16(19)13-9-17-18(10-13)14-6-4-3-5-7-14/h3-10,16,19H,1-2H3. The van der Waals surface area contributed by atoms with Gasteiger partial charge >= 0.3 is 0 Å². The number of hydrogen-bond acceptors (Lipinski definition) is 3. The predicted octanol–water partition coefficient (Wildman–Crippen LogP) is 3.16. The van der Waals surface area contributed by atoms with Crippen molar-refractivity contribution in [1.82, 2.24) is 9.78 Å². The monoisotopic (exact) mass is 268 g/mol. The zero-order valence-corrected chi connectivity index (χ0v) is 11.4. The fourth-order valence-electron chi connectivity index (χ4n) is 2.30. The van der Waals surface area contributed by atoms with Crippen molar-refractivity contribution in [2.45, 2.75) is 20.0 Å². The fourth-order valence-corrected chi connectivity index (χ4v) is 2.30. The van der Waals surface area contributed by atoms with Gasteiger partial charge in [-0.3, -0.25) is 0 Å². The van der Waals surface area contributed by atoms with E-state index in [0.29, 0.717) is 0 Å². The third-order valence-electron chi connectivity index (χ3n) is 3.31. The van der Waals surface area contributed by atoms with Gasteiger partial charge in [0.2, 0.25) is 0 Å². The molecule has 2 heterocycles. The van der Waals surface area contributed by atoms with Crippen LogP contribution in [0, 0.1) is 13.8 Å². The average molecular weight is 268 g/mol. The van der Waals surface area contributed by atoms with Crippen molar-refractivity contribution >= 4 is 0 Å². The molecule has 0 spiro atoms. The minimum atomic E-state index is -0.718. The maximum Gasteiger partial charge on any atom is 0.110 e. The molecular weight excluding hydrogens is 252 g/mol. The van der Waals surface area contributed by atoms with Crippen LogP contribution in [0.25, 0.3) is 5.69 Å². The van der Waals surface area contributed by atoms with Crippen molar-refractivity contribution in [3.8, 4) is 5.69 Å². The van der Waals surface area contributed by atoms with Gasteiger partial charge in [0.15, 0.2) is 0 Å². The largest absolute Gasteiger partial charge is 0.466 e. The summed E-state index contributed by atoms with van der Waals surface area (Å²) in [7, 11) is 0. The molecule has 102 valence electrons. The van der Waals surface area contributed by atoms with E-state index >= 15 is 0 Å². The van der Waals surface area contributed by atoms with E-state index in [2.05, 4.69) is 5.10 Å². The van der Waals surface area contributed by atoms with E-state index in [-0.39, 0.29) is 0 Å². The highest BCUT2D eigenvalue weighted by Crippen LogP contribution is 2.27. The number of benzene rings is 1. The van der Waals surface area contributed by atoms with Crippen LogP contribution < -0.4 is 0 Å². The van der Waals surface area contributed by atoms with Gasteiger partial charge in [0.25, 0.3) is 0 Å². The van der Waals surface area contributed by atoms with Crippen molar-refractivity contribution in [3.05, 3.63) is 71.4 Å². The molecule has 2 aromatic heterocycles. The summed E-state index contributed by atoms with van der Waals surface area (Å²) in [4.78, 5) is 0. The molecule has 0 aliphatic rings. The average Bonchev–Trinajstić information content (AvgIpc) is 3.06. The molecule has 0 saturated heterocycles. The smallest absolute Gasteiger partial charge is 0.110 e. The number of para-hydroxylation sites is 1. The van der Waals surface area contributed by atoms with Gasteiger partial charge < -0.3 is 9.52 Å². The highest BCUT2D eigenvalue weighted by Gasteiger charge is 2.18. The molecule has 0 amide bonds. The number of aliphatic hydroxyl groups is 1. The number of rotatable bonds is 3. The number of aryl methyl sites for hydroxylation is 2. The normalized spacial score (nSPS) is 12.6. The van der Waals surface area contributed by atoms with E-state index in [1.807, 2.05) is 56.4 Å². The van der Waals surface area contributed by atoms with Crippen LogP contribution in [0.3, 0.4) is 0 Å². The lowest BCUT2D eigenvalue weighted by atomic mass is 10.1. The molecule has 4 nitrogen and oxygen atoms in total. The number of hydrogen-bond donors (Lipinski definition) is 1. The highest BCUT2D eigenvalue weighted by molar-refractivity contribution is 5.34. The molecule has 3 aromatic rings. The Labute approximate surface area is 117 Å². The number of aliphatic hydroxyl groups excluding tert-OH is 1. The van der Waals surface area contributed by atoms with Gasteiger partial charge in [-0.05, 0) is 32.0 Å². The van der Waals surface area contributed by atoms with Crippen LogP contribution >= 0.6 is 0 Å². The Kier molecular flexibility index (Phi) is 3.16. The summed E-state index contributed by atoms with van der Waals surface area (Å²) < 4.78 is 7.21. The maximum atomic E-state index is 10.4. The molecule has 20 heavy (non-hydrogen) atoms. The lowest BCUT2D eigenvalue weighted by Gasteiger charge is -2.06. The van der Waals surface area contributed by atoms with Gasteiger partial charge in [-0.15, -0.1) is 0 Å². The van der Waals surface area contributed by atoms with Gasteiger partial charge in [0.1, 0.15) is 17.6 Å². The third-order valence-corrected chi connectivity index (χ3v) is 3.31. The van der Waals surface area contributed by atoms with Crippen molar-refractivity contribution in [3.63, 3.8) is 0 Å². The van der Waals surface area contributed by atoms with Crippen LogP contribution in [0.5, 0.6) is 0 Å². The van der Waals surface area contributed by atoms with Crippen LogP contribution in [-0.2, 0) is 0 Å². The van der Waals surface area contributed by atoms with E-state index in [9.17, 15) is 5.11 Å². The van der Waals surface area contributed by atoms with Crippen molar-refractivity contribution < 1.29 is 9.52 Å². The Morgan fingerprint density at radius 2 is 1.95 bits per heavy atom. The van der Waals surface area contributed by atoms with Crippen LogP contribution in [-0.4, -0.2) is 14.9 Å². The van der Waals surface area contributed by atoms with E-state index in [4.69, 9.17) is 4.42 Å². The number of aromatic nitrogens is 2.